The van der Waals surface area contributed by atoms with Crippen LogP contribution in [0.15, 0.2) is 36.8 Å². The second-order valence-electron chi connectivity index (χ2n) is 5.13. The van der Waals surface area contributed by atoms with Gasteiger partial charge in [0.1, 0.15) is 0 Å². The molecule has 5 heteroatoms. The van der Waals surface area contributed by atoms with Gasteiger partial charge < -0.3 is 15.6 Å². The SMILES string of the molecule is O=C(Nc1cccc(-c2cnc[nH]2)c1)NC1CCCC1. The maximum absolute atomic E-state index is 11.9. The fraction of sp³-hybridized carbons (Fsp3) is 0.333. The molecule has 1 aliphatic carbocycles. The van der Waals surface area contributed by atoms with Crippen molar-refractivity contribution in [1.82, 2.24) is 15.3 Å². The molecule has 3 N–H and O–H groups in total. The maximum Gasteiger partial charge on any atom is 0.319 e. The first kappa shape index (κ1) is 12.7. The number of anilines is 1. The van der Waals surface area contributed by atoms with Crippen LogP contribution in [-0.2, 0) is 0 Å². The van der Waals surface area contributed by atoms with Crippen LogP contribution in [0.2, 0.25) is 0 Å². The predicted octanol–water partition coefficient (Wildman–Crippen LogP) is 3.14. The Morgan fingerprint density at radius 1 is 1.30 bits per heavy atom. The van der Waals surface area contributed by atoms with Crippen LogP contribution in [0.5, 0.6) is 0 Å². The topological polar surface area (TPSA) is 69.8 Å². The molecule has 0 bridgehead atoms. The molecule has 20 heavy (non-hydrogen) atoms. The van der Waals surface area contributed by atoms with E-state index >= 15 is 0 Å². The molecule has 1 saturated carbocycles. The van der Waals surface area contributed by atoms with Gasteiger partial charge in [0, 0.05) is 17.3 Å². The number of rotatable bonds is 3. The number of amides is 2. The number of urea groups is 1. The van der Waals surface area contributed by atoms with Crippen molar-refractivity contribution in [3.63, 3.8) is 0 Å². The lowest BCUT2D eigenvalue weighted by Crippen LogP contribution is -2.36. The summed E-state index contributed by atoms with van der Waals surface area (Å²) in [4.78, 5) is 19.0. The summed E-state index contributed by atoms with van der Waals surface area (Å²) in [6.45, 7) is 0. The molecule has 3 rings (SSSR count). The van der Waals surface area contributed by atoms with Crippen LogP contribution in [0.25, 0.3) is 11.3 Å². The Labute approximate surface area is 117 Å². The highest BCUT2D eigenvalue weighted by molar-refractivity contribution is 5.90. The third-order valence-electron chi connectivity index (χ3n) is 3.62. The molecule has 0 spiro atoms. The van der Waals surface area contributed by atoms with Crippen molar-refractivity contribution < 1.29 is 4.79 Å². The molecular formula is C15H18N4O. The minimum absolute atomic E-state index is 0.126. The molecule has 5 nitrogen and oxygen atoms in total. The molecule has 1 aliphatic rings. The molecule has 1 aromatic carbocycles. The number of carbonyl (C=O) groups is 1. The van der Waals surface area contributed by atoms with E-state index in [1.54, 1.807) is 12.5 Å². The van der Waals surface area contributed by atoms with E-state index in [1.165, 1.54) is 12.8 Å². The Balaban J connectivity index is 1.65. The third kappa shape index (κ3) is 2.99. The highest BCUT2D eigenvalue weighted by atomic mass is 16.2. The Kier molecular flexibility index (Phi) is 3.67. The molecule has 0 aliphatic heterocycles. The Morgan fingerprint density at radius 2 is 2.15 bits per heavy atom. The Morgan fingerprint density at radius 3 is 2.90 bits per heavy atom. The average molecular weight is 270 g/mol. The van der Waals surface area contributed by atoms with Gasteiger partial charge in [-0.2, -0.15) is 0 Å². The van der Waals surface area contributed by atoms with Gasteiger partial charge in [0.25, 0.3) is 0 Å². The van der Waals surface area contributed by atoms with E-state index in [0.29, 0.717) is 6.04 Å². The van der Waals surface area contributed by atoms with Gasteiger partial charge in [-0.25, -0.2) is 9.78 Å². The first-order valence-electron chi connectivity index (χ1n) is 6.97. The van der Waals surface area contributed by atoms with Gasteiger partial charge in [0.2, 0.25) is 0 Å². The van der Waals surface area contributed by atoms with Crippen molar-refractivity contribution in [1.29, 1.82) is 0 Å². The third-order valence-corrected chi connectivity index (χ3v) is 3.62. The molecule has 0 unspecified atom stereocenters. The maximum atomic E-state index is 11.9. The van der Waals surface area contributed by atoms with Gasteiger partial charge in [-0.3, -0.25) is 0 Å². The number of hydrogen-bond donors (Lipinski definition) is 3. The highest BCUT2D eigenvalue weighted by Gasteiger charge is 2.16. The molecule has 0 atom stereocenters. The van der Waals surface area contributed by atoms with Crippen LogP contribution in [0, 0.1) is 0 Å². The zero-order valence-corrected chi connectivity index (χ0v) is 11.2. The van der Waals surface area contributed by atoms with E-state index in [-0.39, 0.29) is 6.03 Å². The van der Waals surface area contributed by atoms with Crippen LogP contribution in [0.3, 0.4) is 0 Å². The number of aromatic amines is 1. The lowest BCUT2D eigenvalue weighted by atomic mass is 10.1. The first-order valence-corrected chi connectivity index (χ1v) is 6.97. The van der Waals surface area contributed by atoms with E-state index in [1.807, 2.05) is 24.3 Å². The van der Waals surface area contributed by atoms with Gasteiger partial charge in [-0.05, 0) is 25.0 Å². The zero-order valence-electron chi connectivity index (χ0n) is 11.2. The number of carbonyl (C=O) groups excluding carboxylic acids is 1. The molecular weight excluding hydrogens is 252 g/mol. The number of benzene rings is 1. The lowest BCUT2D eigenvalue weighted by molar-refractivity contribution is 0.248. The fourth-order valence-corrected chi connectivity index (χ4v) is 2.60. The minimum Gasteiger partial charge on any atom is -0.345 e. The van der Waals surface area contributed by atoms with Crippen molar-refractivity contribution >= 4 is 11.7 Å². The lowest BCUT2D eigenvalue weighted by Gasteiger charge is -2.13. The summed E-state index contributed by atoms with van der Waals surface area (Å²) >= 11 is 0. The second kappa shape index (κ2) is 5.77. The van der Waals surface area contributed by atoms with E-state index in [2.05, 4.69) is 20.6 Å². The van der Waals surface area contributed by atoms with Crippen molar-refractivity contribution in [3.8, 4) is 11.3 Å². The highest BCUT2D eigenvalue weighted by Crippen LogP contribution is 2.21. The molecule has 2 aromatic rings. The number of H-pyrrole nitrogens is 1. The Hall–Kier alpha value is -2.30. The van der Waals surface area contributed by atoms with E-state index in [4.69, 9.17) is 0 Å². The van der Waals surface area contributed by atoms with Crippen LogP contribution in [0.1, 0.15) is 25.7 Å². The number of aromatic nitrogens is 2. The van der Waals surface area contributed by atoms with Crippen LogP contribution in [-0.4, -0.2) is 22.0 Å². The molecule has 1 aromatic heterocycles. The summed E-state index contributed by atoms with van der Waals surface area (Å²) < 4.78 is 0. The van der Waals surface area contributed by atoms with E-state index in [0.717, 1.165) is 29.8 Å². The second-order valence-corrected chi connectivity index (χ2v) is 5.13. The van der Waals surface area contributed by atoms with Gasteiger partial charge in [-0.15, -0.1) is 0 Å². The smallest absolute Gasteiger partial charge is 0.319 e. The first-order chi connectivity index (χ1) is 9.81. The number of hydrogen-bond acceptors (Lipinski definition) is 2. The predicted molar refractivity (Wildman–Crippen MR) is 78.4 cm³/mol. The van der Waals surface area contributed by atoms with Crippen molar-refractivity contribution in [3.05, 3.63) is 36.8 Å². The quantitative estimate of drug-likeness (QED) is 0.802. The van der Waals surface area contributed by atoms with Gasteiger partial charge in [0.15, 0.2) is 0 Å². The van der Waals surface area contributed by atoms with E-state index < -0.39 is 0 Å². The van der Waals surface area contributed by atoms with Crippen LogP contribution in [0.4, 0.5) is 10.5 Å². The number of imidazole rings is 1. The Bertz CT molecular complexity index is 573. The van der Waals surface area contributed by atoms with Gasteiger partial charge in [0.05, 0.1) is 18.2 Å². The summed E-state index contributed by atoms with van der Waals surface area (Å²) in [5.41, 5.74) is 2.72. The molecule has 0 radical (unpaired) electrons. The summed E-state index contributed by atoms with van der Waals surface area (Å²) in [6.07, 6.45) is 7.99. The molecule has 2 amide bonds. The average Bonchev–Trinajstić information content (AvgIpc) is 3.11. The summed E-state index contributed by atoms with van der Waals surface area (Å²) in [5.74, 6) is 0. The van der Waals surface area contributed by atoms with Gasteiger partial charge in [-0.1, -0.05) is 25.0 Å². The number of nitrogens with one attached hydrogen (secondary N) is 3. The van der Waals surface area contributed by atoms with Gasteiger partial charge >= 0.3 is 6.03 Å². The van der Waals surface area contributed by atoms with Crippen molar-refractivity contribution in [2.45, 2.75) is 31.7 Å². The molecule has 0 saturated heterocycles. The zero-order chi connectivity index (χ0) is 13.8. The normalized spacial score (nSPS) is 15.2. The molecule has 1 heterocycles. The standard InChI is InChI=1S/C15H18N4O/c20-15(18-12-5-1-2-6-12)19-13-7-3-4-11(8-13)14-9-16-10-17-14/h3-4,7-10,12H,1-2,5-6H2,(H,16,17)(H2,18,19,20). The minimum atomic E-state index is -0.126. The van der Waals surface area contributed by atoms with Crippen LogP contribution >= 0.6 is 0 Å². The molecule has 1 fully saturated rings. The number of nitrogens with zero attached hydrogens (tertiary/aromatic N) is 1. The van der Waals surface area contributed by atoms with Crippen molar-refractivity contribution in [2.24, 2.45) is 0 Å². The summed E-state index contributed by atoms with van der Waals surface area (Å²) in [6, 6.07) is 7.91. The summed E-state index contributed by atoms with van der Waals surface area (Å²) in [7, 11) is 0. The molecule has 104 valence electrons. The fourth-order valence-electron chi connectivity index (χ4n) is 2.60. The largest absolute Gasteiger partial charge is 0.345 e. The van der Waals surface area contributed by atoms with E-state index in [9.17, 15) is 4.79 Å². The monoisotopic (exact) mass is 270 g/mol. The van der Waals surface area contributed by atoms with Crippen LogP contribution < -0.4 is 10.6 Å². The summed E-state index contributed by atoms with van der Waals surface area (Å²) in [5, 5.41) is 5.90. The van der Waals surface area contributed by atoms with Crippen molar-refractivity contribution in [2.75, 3.05) is 5.32 Å².